The van der Waals surface area contributed by atoms with Crippen molar-refractivity contribution in [3.63, 3.8) is 0 Å². The van der Waals surface area contributed by atoms with Gasteiger partial charge >= 0.3 is 0 Å². The number of fused-ring (bicyclic) bond motifs is 5. The van der Waals surface area contributed by atoms with Crippen molar-refractivity contribution < 1.29 is 0 Å². The molecule has 3 heteroatoms. The van der Waals surface area contributed by atoms with Crippen molar-refractivity contribution in [3.8, 4) is 22.3 Å². The average molecular weight is 696 g/mol. The molecule has 54 heavy (non-hydrogen) atoms. The maximum atomic E-state index is 3.37. The van der Waals surface area contributed by atoms with Gasteiger partial charge in [-0.3, -0.25) is 0 Å². The molecule has 0 spiro atoms. The van der Waals surface area contributed by atoms with Crippen molar-refractivity contribution in [1.29, 1.82) is 0 Å². The zero-order valence-electron chi connectivity index (χ0n) is 30.6. The van der Waals surface area contributed by atoms with Gasteiger partial charge in [-0.15, -0.1) is 0 Å². The molecule has 0 unspecified atom stereocenters. The molecule has 0 amide bonds. The van der Waals surface area contributed by atoms with Gasteiger partial charge in [-0.05, 0) is 131 Å². The summed E-state index contributed by atoms with van der Waals surface area (Å²) in [6, 6.07) is 60.1. The van der Waals surface area contributed by atoms with Crippen LogP contribution < -0.4 is 9.80 Å². The lowest BCUT2D eigenvalue weighted by Crippen LogP contribution is -2.18. The van der Waals surface area contributed by atoms with Crippen LogP contribution in [0, 0.1) is 0 Å². The number of rotatable bonds is 7. The molecule has 1 heterocycles. The molecule has 1 aromatic heterocycles. The predicted molar refractivity (Wildman–Crippen MR) is 228 cm³/mol. The van der Waals surface area contributed by atoms with Crippen molar-refractivity contribution in [1.82, 2.24) is 4.98 Å². The number of nitrogens with one attached hydrogen (secondary N) is 1. The number of aromatic amines is 1. The highest BCUT2D eigenvalue weighted by atomic mass is 15.1. The van der Waals surface area contributed by atoms with Gasteiger partial charge in [-0.1, -0.05) is 111 Å². The molecule has 0 fully saturated rings. The lowest BCUT2D eigenvalue weighted by atomic mass is 9.82. The summed E-state index contributed by atoms with van der Waals surface area (Å²) in [5, 5.41) is 1.19. The van der Waals surface area contributed by atoms with Crippen LogP contribution in [0.4, 0.5) is 34.1 Å². The fourth-order valence-corrected chi connectivity index (χ4v) is 8.70. The minimum atomic E-state index is -0.220. The molecule has 0 radical (unpaired) electrons. The van der Waals surface area contributed by atoms with Gasteiger partial charge < -0.3 is 14.8 Å². The van der Waals surface area contributed by atoms with E-state index in [1.807, 2.05) is 6.20 Å². The highest BCUT2D eigenvalue weighted by molar-refractivity contribution is 5.92. The van der Waals surface area contributed by atoms with Gasteiger partial charge in [0, 0.05) is 56.5 Å². The van der Waals surface area contributed by atoms with Crippen LogP contribution in [-0.4, -0.2) is 4.98 Å². The number of hydrogen-bond donors (Lipinski definition) is 1. The van der Waals surface area contributed by atoms with Crippen molar-refractivity contribution in [3.05, 3.63) is 198 Å². The second kappa shape index (κ2) is 12.8. The number of aryl methyl sites for hydroxylation is 1. The van der Waals surface area contributed by atoms with Crippen molar-refractivity contribution in [2.24, 2.45) is 0 Å². The third kappa shape index (κ3) is 5.35. The van der Waals surface area contributed by atoms with Gasteiger partial charge in [0.25, 0.3) is 0 Å². The first-order valence-electron chi connectivity index (χ1n) is 19.0. The fraction of sp³-hybridized carbons (Fsp3) is 0.0980. The Morgan fingerprint density at radius 2 is 1.13 bits per heavy atom. The standard InChI is InChI=1S/C51H41N3/c1-51(2)47-33-42(53(41-26-29-49-38(32-41)30-31-52-49)40-22-20-36(21-23-40)35-12-5-3-6-13-35)24-27-45(47)46-28-25-43(34-48(46)51)54(39-16-7-4-8-17-39)50-19-11-15-37-14-9-10-18-44(37)50/h3-8,10-13,15-34,52H,9,14H2,1-2H3. The SMILES string of the molecule is CC1(C)c2cc(N(c3ccc(-c4ccccc4)cc3)c3ccc4[nH]ccc4c3)ccc2-c2ccc(N(c3ccccc3)c3cccc4c3C=CCC4)cc21. The topological polar surface area (TPSA) is 22.3 Å². The Morgan fingerprint density at radius 3 is 1.87 bits per heavy atom. The second-order valence-corrected chi connectivity index (χ2v) is 15.0. The molecule has 7 aromatic carbocycles. The maximum absolute atomic E-state index is 3.37. The number of benzene rings is 7. The van der Waals surface area contributed by atoms with E-state index >= 15 is 0 Å². The summed E-state index contributed by atoms with van der Waals surface area (Å²) in [7, 11) is 0. The average Bonchev–Trinajstić information content (AvgIpc) is 3.78. The molecule has 2 aliphatic rings. The minimum Gasteiger partial charge on any atom is -0.361 e. The molecule has 0 saturated carbocycles. The first kappa shape index (κ1) is 32.1. The van der Waals surface area contributed by atoms with E-state index in [1.165, 1.54) is 61.3 Å². The zero-order chi connectivity index (χ0) is 36.2. The third-order valence-electron chi connectivity index (χ3n) is 11.5. The van der Waals surface area contributed by atoms with Crippen molar-refractivity contribution in [2.45, 2.75) is 32.1 Å². The highest BCUT2D eigenvalue weighted by Gasteiger charge is 2.37. The van der Waals surface area contributed by atoms with Crippen LogP contribution in [-0.2, 0) is 11.8 Å². The third-order valence-corrected chi connectivity index (χ3v) is 11.5. The van der Waals surface area contributed by atoms with Gasteiger partial charge in [-0.2, -0.15) is 0 Å². The molecular weight excluding hydrogens is 655 g/mol. The van der Waals surface area contributed by atoms with E-state index in [0.29, 0.717) is 0 Å². The number of nitrogens with zero attached hydrogens (tertiary/aromatic N) is 2. The first-order chi connectivity index (χ1) is 26.5. The van der Waals surface area contributed by atoms with E-state index in [9.17, 15) is 0 Å². The van der Waals surface area contributed by atoms with E-state index in [-0.39, 0.29) is 5.41 Å². The largest absolute Gasteiger partial charge is 0.361 e. The highest BCUT2D eigenvalue weighted by Crippen LogP contribution is 2.53. The Labute approximate surface area is 317 Å². The molecular formula is C51H41N3. The van der Waals surface area contributed by atoms with Gasteiger partial charge in [0.1, 0.15) is 0 Å². The molecule has 0 bridgehead atoms. The number of H-pyrrole nitrogens is 1. The number of para-hydroxylation sites is 1. The van der Waals surface area contributed by atoms with Crippen LogP contribution in [0.5, 0.6) is 0 Å². The number of allylic oxidation sites excluding steroid dienone is 1. The van der Waals surface area contributed by atoms with Gasteiger partial charge in [0.2, 0.25) is 0 Å². The molecule has 0 atom stereocenters. The molecule has 3 nitrogen and oxygen atoms in total. The molecule has 10 rings (SSSR count). The van der Waals surface area contributed by atoms with E-state index in [0.717, 1.165) is 41.1 Å². The molecule has 2 aliphatic carbocycles. The summed E-state index contributed by atoms with van der Waals surface area (Å²) in [5.74, 6) is 0. The van der Waals surface area contributed by atoms with Crippen molar-refractivity contribution >= 4 is 51.1 Å². The van der Waals surface area contributed by atoms with Gasteiger partial charge in [0.05, 0.1) is 5.69 Å². The number of aromatic nitrogens is 1. The van der Waals surface area contributed by atoms with Crippen LogP contribution in [0.15, 0.2) is 176 Å². The lowest BCUT2D eigenvalue weighted by molar-refractivity contribution is 0.660. The normalized spacial score (nSPS) is 13.7. The molecule has 8 aromatic rings. The fourth-order valence-electron chi connectivity index (χ4n) is 8.70. The second-order valence-electron chi connectivity index (χ2n) is 15.0. The van der Waals surface area contributed by atoms with Crippen LogP contribution in [0.2, 0.25) is 0 Å². The van der Waals surface area contributed by atoms with Crippen LogP contribution >= 0.6 is 0 Å². The Morgan fingerprint density at radius 1 is 0.519 bits per heavy atom. The van der Waals surface area contributed by atoms with Crippen LogP contribution in [0.3, 0.4) is 0 Å². The smallest absolute Gasteiger partial charge is 0.0536 e. The summed E-state index contributed by atoms with van der Waals surface area (Å²) in [5.41, 5.74) is 18.3. The monoisotopic (exact) mass is 695 g/mol. The first-order valence-corrected chi connectivity index (χ1v) is 19.0. The molecule has 1 N–H and O–H groups in total. The Bertz CT molecular complexity index is 2680. The molecule has 0 aliphatic heterocycles. The van der Waals surface area contributed by atoms with Crippen LogP contribution in [0.1, 0.15) is 42.5 Å². The van der Waals surface area contributed by atoms with Gasteiger partial charge in [-0.25, -0.2) is 0 Å². The summed E-state index contributed by atoms with van der Waals surface area (Å²) in [6.45, 7) is 4.77. The zero-order valence-corrected chi connectivity index (χ0v) is 30.6. The summed E-state index contributed by atoms with van der Waals surface area (Å²) in [6.07, 6.45) is 8.80. The lowest BCUT2D eigenvalue weighted by Gasteiger charge is -2.30. The molecule has 260 valence electrons. The van der Waals surface area contributed by atoms with Gasteiger partial charge in [0.15, 0.2) is 0 Å². The number of anilines is 6. The summed E-state index contributed by atoms with van der Waals surface area (Å²) >= 11 is 0. The Kier molecular flexibility index (Phi) is 7.62. The summed E-state index contributed by atoms with van der Waals surface area (Å²) < 4.78 is 0. The Hall–Kier alpha value is -6.58. The summed E-state index contributed by atoms with van der Waals surface area (Å²) in [4.78, 5) is 8.21. The van der Waals surface area contributed by atoms with E-state index < -0.39 is 0 Å². The quantitative estimate of drug-likeness (QED) is 0.179. The van der Waals surface area contributed by atoms with Crippen LogP contribution in [0.25, 0.3) is 39.2 Å². The van der Waals surface area contributed by atoms with Crippen molar-refractivity contribution in [2.75, 3.05) is 9.80 Å². The minimum absolute atomic E-state index is 0.220. The molecule has 0 saturated heterocycles. The van der Waals surface area contributed by atoms with E-state index in [1.54, 1.807) is 0 Å². The van der Waals surface area contributed by atoms with E-state index in [4.69, 9.17) is 0 Å². The number of hydrogen-bond acceptors (Lipinski definition) is 2. The predicted octanol–water partition coefficient (Wildman–Crippen LogP) is 14.0. The maximum Gasteiger partial charge on any atom is 0.0536 e. The Balaban J connectivity index is 1.08. The van der Waals surface area contributed by atoms with E-state index in [2.05, 4.69) is 205 Å².